The summed E-state index contributed by atoms with van der Waals surface area (Å²) >= 11 is 0. The number of ether oxygens (including phenoxy) is 1. The van der Waals surface area contributed by atoms with Crippen LogP contribution in [0.25, 0.3) is 5.57 Å². The summed E-state index contributed by atoms with van der Waals surface area (Å²) < 4.78 is 5.33. The summed E-state index contributed by atoms with van der Waals surface area (Å²) in [5, 5.41) is 0. The second-order valence-corrected chi connectivity index (χ2v) is 6.03. The van der Waals surface area contributed by atoms with Crippen LogP contribution in [-0.4, -0.2) is 36.1 Å². The van der Waals surface area contributed by atoms with Gasteiger partial charge in [-0.2, -0.15) is 0 Å². The van der Waals surface area contributed by atoms with Crippen molar-refractivity contribution in [3.63, 3.8) is 0 Å². The van der Waals surface area contributed by atoms with E-state index >= 15 is 0 Å². The molecule has 114 valence electrons. The SMILES string of the molecule is CC(C)N(C(=O)c1ccc(C2=CCOCC2)cc1)C(C)C. The third-order valence-corrected chi connectivity index (χ3v) is 3.81. The molecular formula is C18H25NO2. The van der Waals surface area contributed by atoms with Crippen molar-refractivity contribution in [2.24, 2.45) is 0 Å². The summed E-state index contributed by atoms with van der Waals surface area (Å²) in [4.78, 5) is 14.5. The average Bonchev–Trinajstić information content (AvgIpc) is 2.47. The van der Waals surface area contributed by atoms with Crippen molar-refractivity contribution in [3.8, 4) is 0 Å². The van der Waals surface area contributed by atoms with Crippen LogP contribution >= 0.6 is 0 Å². The van der Waals surface area contributed by atoms with Gasteiger partial charge in [0.2, 0.25) is 0 Å². The van der Waals surface area contributed by atoms with Crippen molar-refractivity contribution >= 4 is 11.5 Å². The second-order valence-electron chi connectivity index (χ2n) is 6.03. The van der Waals surface area contributed by atoms with Gasteiger partial charge in [0.05, 0.1) is 13.2 Å². The van der Waals surface area contributed by atoms with Crippen molar-refractivity contribution in [1.82, 2.24) is 4.90 Å². The summed E-state index contributed by atoms with van der Waals surface area (Å²) in [5.74, 6) is 0.104. The van der Waals surface area contributed by atoms with Gasteiger partial charge in [-0.05, 0) is 57.4 Å². The fourth-order valence-electron chi connectivity index (χ4n) is 2.83. The Balaban J connectivity index is 2.18. The summed E-state index contributed by atoms with van der Waals surface area (Å²) in [6.07, 6.45) is 3.06. The molecule has 0 saturated heterocycles. The molecule has 0 saturated carbocycles. The van der Waals surface area contributed by atoms with Crippen molar-refractivity contribution < 1.29 is 9.53 Å². The number of hydrogen-bond donors (Lipinski definition) is 0. The van der Waals surface area contributed by atoms with Gasteiger partial charge in [-0.3, -0.25) is 4.79 Å². The Labute approximate surface area is 127 Å². The highest BCUT2D eigenvalue weighted by molar-refractivity contribution is 5.95. The lowest BCUT2D eigenvalue weighted by atomic mass is 10.00. The van der Waals surface area contributed by atoms with Gasteiger partial charge in [0, 0.05) is 17.6 Å². The quantitative estimate of drug-likeness (QED) is 0.844. The van der Waals surface area contributed by atoms with Crippen LogP contribution in [0, 0.1) is 0 Å². The minimum atomic E-state index is 0.104. The van der Waals surface area contributed by atoms with E-state index in [9.17, 15) is 4.79 Å². The molecule has 0 unspecified atom stereocenters. The smallest absolute Gasteiger partial charge is 0.254 e. The van der Waals surface area contributed by atoms with E-state index in [1.807, 2.05) is 29.2 Å². The predicted octanol–water partition coefficient (Wildman–Crippen LogP) is 3.75. The number of hydrogen-bond acceptors (Lipinski definition) is 2. The Morgan fingerprint density at radius 2 is 1.71 bits per heavy atom. The zero-order valence-corrected chi connectivity index (χ0v) is 13.4. The molecule has 0 aromatic heterocycles. The van der Waals surface area contributed by atoms with E-state index in [0.717, 1.165) is 18.6 Å². The maximum absolute atomic E-state index is 12.6. The third-order valence-electron chi connectivity index (χ3n) is 3.81. The van der Waals surface area contributed by atoms with E-state index in [0.29, 0.717) is 6.61 Å². The molecule has 0 aliphatic carbocycles. The highest BCUT2D eigenvalue weighted by Crippen LogP contribution is 2.22. The van der Waals surface area contributed by atoms with Gasteiger partial charge in [-0.25, -0.2) is 0 Å². The lowest BCUT2D eigenvalue weighted by Crippen LogP contribution is -2.42. The minimum Gasteiger partial charge on any atom is -0.377 e. The van der Waals surface area contributed by atoms with E-state index in [2.05, 4.69) is 33.8 Å². The third kappa shape index (κ3) is 3.73. The van der Waals surface area contributed by atoms with Gasteiger partial charge in [0.25, 0.3) is 5.91 Å². The Morgan fingerprint density at radius 3 is 2.19 bits per heavy atom. The normalized spacial score (nSPS) is 15.2. The zero-order valence-electron chi connectivity index (χ0n) is 13.4. The topological polar surface area (TPSA) is 29.5 Å². The second kappa shape index (κ2) is 6.90. The fourth-order valence-corrected chi connectivity index (χ4v) is 2.83. The highest BCUT2D eigenvalue weighted by Gasteiger charge is 2.21. The first-order chi connectivity index (χ1) is 10.0. The molecule has 1 aromatic rings. The number of amides is 1. The lowest BCUT2D eigenvalue weighted by Gasteiger charge is -2.31. The maximum atomic E-state index is 12.6. The van der Waals surface area contributed by atoms with Crippen LogP contribution in [0.1, 0.15) is 50.0 Å². The lowest BCUT2D eigenvalue weighted by molar-refractivity contribution is 0.0643. The average molecular weight is 287 g/mol. The molecular weight excluding hydrogens is 262 g/mol. The van der Waals surface area contributed by atoms with Crippen LogP contribution in [0.15, 0.2) is 30.3 Å². The van der Waals surface area contributed by atoms with Crippen molar-refractivity contribution in [3.05, 3.63) is 41.5 Å². The molecule has 0 bridgehead atoms. The molecule has 2 rings (SSSR count). The van der Waals surface area contributed by atoms with Crippen LogP contribution in [0.4, 0.5) is 0 Å². The van der Waals surface area contributed by atoms with Gasteiger partial charge in [0.15, 0.2) is 0 Å². The van der Waals surface area contributed by atoms with Crippen LogP contribution in [-0.2, 0) is 4.74 Å². The van der Waals surface area contributed by atoms with Crippen LogP contribution < -0.4 is 0 Å². The van der Waals surface area contributed by atoms with E-state index in [1.54, 1.807) is 0 Å². The van der Waals surface area contributed by atoms with Gasteiger partial charge in [0.1, 0.15) is 0 Å². The van der Waals surface area contributed by atoms with Gasteiger partial charge in [-0.1, -0.05) is 18.2 Å². The largest absolute Gasteiger partial charge is 0.377 e. The standard InChI is InChI=1S/C18H25NO2/c1-13(2)19(14(3)4)18(20)17-7-5-15(6-8-17)16-9-11-21-12-10-16/h5-9,13-14H,10-12H2,1-4H3. The summed E-state index contributed by atoms with van der Waals surface area (Å²) in [7, 11) is 0. The molecule has 1 aliphatic heterocycles. The Kier molecular flexibility index (Phi) is 5.18. The number of nitrogens with zero attached hydrogens (tertiary/aromatic N) is 1. The monoisotopic (exact) mass is 287 g/mol. The first-order valence-corrected chi connectivity index (χ1v) is 7.70. The molecule has 1 heterocycles. The molecule has 0 N–H and O–H groups in total. The summed E-state index contributed by atoms with van der Waals surface area (Å²) in [6, 6.07) is 8.37. The first kappa shape index (κ1) is 15.8. The van der Waals surface area contributed by atoms with Gasteiger partial charge in [-0.15, -0.1) is 0 Å². The van der Waals surface area contributed by atoms with E-state index in [1.165, 1.54) is 11.1 Å². The molecule has 0 fully saturated rings. The van der Waals surface area contributed by atoms with Crippen LogP contribution in [0.2, 0.25) is 0 Å². The Bertz CT molecular complexity index is 507. The van der Waals surface area contributed by atoms with Crippen LogP contribution in [0.3, 0.4) is 0 Å². The molecule has 1 aliphatic rings. The number of carbonyl (C=O) groups excluding carboxylic acids is 1. The molecule has 1 amide bonds. The molecule has 3 heteroatoms. The molecule has 0 spiro atoms. The van der Waals surface area contributed by atoms with Crippen molar-refractivity contribution in [1.29, 1.82) is 0 Å². The number of rotatable bonds is 4. The summed E-state index contributed by atoms with van der Waals surface area (Å²) in [5.41, 5.74) is 3.26. The highest BCUT2D eigenvalue weighted by atomic mass is 16.5. The number of carbonyl (C=O) groups is 1. The minimum absolute atomic E-state index is 0.104. The fraction of sp³-hybridized carbons (Fsp3) is 0.500. The van der Waals surface area contributed by atoms with Gasteiger partial charge >= 0.3 is 0 Å². The molecule has 0 atom stereocenters. The van der Waals surface area contributed by atoms with Crippen molar-refractivity contribution in [2.45, 2.75) is 46.2 Å². The summed E-state index contributed by atoms with van der Waals surface area (Å²) in [6.45, 7) is 9.68. The van der Waals surface area contributed by atoms with Gasteiger partial charge < -0.3 is 9.64 Å². The Morgan fingerprint density at radius 1 is 1.10 bits per heavy atom. The number of benzene rings is 1. The molecule has 0 radical (unpaired) electrons. The van der Waals surface area contributed by atoms with E-state index in [-0.39, 0.29) is 18.0 Å². The molecule has 1 aromatic carbocycles. The van der Waals surface area contributed by atoms with Crippen molar-refractivity contribution in [2.75, 3.05) is 13.2 Å². The maximum Gasteiger partial charge on any atom is 0.254 e. The molecule has 3 nitrogen and oxygen atoms in total. The van der Waals surface area contributed by atoms with E-state index in [4.69, 9.17) is 4.74 Å². The van der Waals surface area contributed by atoms with Crippen LogP contribution in [0.5, 0.6) is 0 Å². The van der Waals surface area contributed by atoms with E-state index < -0.39 is 0 Å². The first-order valence-electron chi connectivity index (χ1n) is 7.70. The Hall–Kier alpha value is -1.61. The molecule has 21 heavy (non-hydrogen) atoms. The zero-order chi connectivity index (χ0) is 15.4. The predicted molar refractivity (Wildman–Crippen MR) is 86.3 cm³/mol.